The molecule has 0 saturated heterocycles. The third-order valence-corrected chi connectivity index (χ3v) is 5.74. The van der Waals surface area contributed by atoms with Crippen LogP contribution in [0.1, 0.15) is 124 Å². The van der Waals surface area contributed by atoms with Crippen molar-refractivity contribution in [3.05, 3.63) is 59.7 Å². The Kier molecular flexibility index (Phi) is 18.5. The summed E-state index contributed by atoms with van der Waals surface area (Å²) in [6.45, 7) is 4.94. The molecule has 34 heavy (non-hydrogen) atoms. The molecule has 0 bridgehead atoms. The molecule has 0 aliphatic carbocycles. The molecule has 1 rings (SSSR count). The average molecular weight is 471 g/mol. The lowest BCUT2D eigenvalue weighted by atomic mass is 10.1. The van der Waals surface area contributed by atoms with Gasteiger partial charge in [0.1, 0.15) is 13.2 Å². The van der Waals surface area contributed by atoms with Crippen LogP contribution in [0.3, 0.4) is 0 Å². The highest BCUT2D eigenvalue weighted by molar-refractivity contribution is 5.95. The predicted octanol–water partition coefficient (Wildman–Crippen LogP) is 8.61. The zero-order valence-electron chi connectivity index (χ0n) is 21.6. The van der Waals surface area contributed by atoms with Crippen LogP contribution in [0, 0.1) is 0 Å². The van der Waals surface area contributed by atoms with Gasteiger partial charge >= 0.3 is 11.9 Å². The molecular formula is C30H46O4. The van der Waals surface area contributed by atoms with Crippen molar-refractivity contribution in [3.63, 3.8) is 0 Å². The first kappa shape index (κ1) is 29.7. The van der Waals surface area contributed by atoms with Gasteiger partial charge in [-0.3, -0.25) is 0 Å². The van der Waals surface area contributed by atoms with E-state index in [-0.39, 0.29) is 13.2 Å². The van der Waals surface area contributed by atoms with E-state index in [0.29, 0.717) is 11.1 Å². The van der Waals surface area contributed by atoms with E-state index >= 15 is 0 Å². The third-order valence-electron chi connectivity index (χ3n) is 5.74. The fourth-order valence-electron chi connectivity index (χ4n) is 3.64. The van der Waals surface area contributed by atoms with Gasteiger partial charge in [-0.25, -0.2) is 9.59 Å². The first-order valence-electron chi connectivity index (χ1n) is 13.4. The van der Waals surface area contributed by atoms with Crippen molar-refractivity contribution < 1.29 is 19.1 Å². The summed E-state index contributed by atoms with van der Waals surface area (Å²) in [7, 11) is 0. The quantitative estimate of drug-likeness (QED) is 0.109. The summed E-state index contributed by atoms with van der Waals surface area (Å²) in [5, 5.41) is 0. The second kappa shape index (κ2) is 21.2. The minimum atomic E-state index is -0.433. The van der Waals surface area contributed by atoms with Gasteiger partial charge in [0.2, 0.25) is 0 Å². The van der Waals surface area contributed by atoms with Crippen molar-refractivity contribution in [1.29, 1.82) is 0 Å². The molecular weight excluding hydrogens is 424 g/mol. The molecule has 0 heterocycles. The van der Waals surface area contributed by atoms with Crippen molar-refractivity contribution in [3.8, 4) is 0 Å². The second-order valence-corrected chi connectivity index (χ2v) is 8.83. The van der Waals surface area contributed by atoms with Gasteiger partial charge in [0.05, 0.1) is 11.1 Å². The van der Waals surface area contributed by atoms with Crippen molar-refractivity contribution >= 4 is 11.9 Å². The Bertz CT molecular complexity index is 663. The molecule has 0 spiro atoms. The maximum Gasteiger partial charge on any atom is 0.338 e. The summed E-state index contributed by atoms with van der Waals surface area (Å²) in [5.74, 6) is -0.865. The summed E-state index contributed by atoms with van der Waals surface area (Å²) in [4.78, 5) is 24.6. The molecule has 1 aromatic rings. The largest absolute Gasteiger partial charge is 0.458 e. The lowest BCUT2D eigenvalue weighted by molar-refractivity contribution is 0.0548. The monoisotopic (exact) mass is 470 g/mol. The van der Waals surface area contributed by atoms with Crippen LogP contribution in [-0.2, 0) is 9.47 Å². The number of allylic oxidation sites excluding steroid dienone is 2. The molecule has 0 unspecified atom stereocenters. The number of unbranched alkanes of at least 4 members (excludes halogenated alkanes) is 12. The SMILES string of the molecule is CCCCCCCC/C=C/COC(=O)c1cccc(C(=O)OC/C=C/CCCCCCCC)c1. The zero-order chi connectivity index (χ0) is 24.7. The van der Waals surface area contributed by atoms with Crippen LogP contribution in [0.15, 0.2) is 48.6 Å². The molecule has 0 N–H and O–H groups in total. The summed E-state index contributed by atoms with van der Waals surface area (Å²) < 4.78 is 10.6. The highest BCUT2D eigenvalue weighted by Crippen LogP contribution is 2.10. The molecule has 190 valence electrons. The highest BCUT2D eigenvalue weighted by Gasteiger charge is 2.11. The molecule has 0 aliphatic heterocycles. The van der Waals surface area contributed by atoms with Crippen LogP contribution < -0.4 is 0 Å². The van der Waals surface area contributed by atoms with Gasteiger partial charge in [-0.1, -0.05) is 108 Å². The smallest absolute Gasteiger partial charge is 0.338 e. The molecule has 4 heteroatoms. The number of hydrogen-bond acceptors (Lipinski definition) is 4. The molecule has 0 aliphatic rings. The number of rotatable bonds is 20. The Morgan fingerprint density at radius 3 is 1.47 bits per heavy atom. The maximum absolute atomic E-state index is 12.3. The summed E-state index contributed by atoms with van der Waals surface area (Å²) >= 11 is 0. The summed E-state index contributed by atoms with van der Waals surface area (Å²) in [5.41, 5.74) is 0.717. The van der Waals surface area contributed by atoms with Gasteiger partial charge in [0.15, 0.2) is 0 Å². The predicted molar refractivity (Wildman–Crippen MR) is 141 cm³/mol. The van der Waals surface area contributed by atoms with E-state index in [9.17, 15) is 9.59 Å². The molecule has 0 saturated carbocycles. The van der Waals surface area contributed by atoms with Crippen LogP contribution in [0.5, 0.6) is 0 Å². The van der Waals surface area contributed by atoms with Crippen molar-refractivity contribution in [2.75, 3.05) is 13.2 Å². The molecule has 0 atom stereocenters. The van der Waals surface area contributed by atoms with Crippen molar-refractivity contribution in [2.24, 2.45) is 0 Å². The topological polar surface area (TPSA) is 52.6 Å². The van der Waals surface area contributed by atoms with Gasteiger partial charge in [0.25, 0.3) is 0 Å². The maximum atomic E-state index is 12.3. The minimum Gasteiger partial charge on any atom is -0.458 e. The van der Waals surface area contributed by atoms with Crippen LogP contribution >= 0.6 is 0 Å². The van der Waals surface area contributed by atoms with Crippen LogP contribution in [0.4, 0.5) is 0 Å². The molecule has 1 aromatic carbocycles. The lowest BCUT2D eigenvalue weighted by Crippen LogP contribution is -2.09. The fraction of sp³-hybridized carbons (Fsp3) is 0.600. The Morgan fingerprint density at radius 1 is 0.618 bits per heavy atom. The Labute approximate surface area is 207 Å². The van der Waals surface area contributed by atoms with E-state index in [2.05, 4.69) is 26.0 Å². The number of benzene rings is 1. The zero-order valence-corrected chi connectivity index (χ0v) is 21.6. The minimum absolute atomic E-state index is 0.243. The number of ether oxygens (including phenoxy) is 2. The molecule has 0 fully saturated rings. The van der Waals surface area contributed by atoms with Crippen LogP contribution in [0.25, 0.3) is 0 Å². The van der Waals surface area contributed by atoms with E-state index in [0.717, 1.165) is 12.8 Å². The Balaban J connectivity index is 2.23. The molecule has 0 amide bonds. The second-order valence-electron chi connectivity index (χ2n) is 8.83. The number of carbonyl (C=O) groups excluding carboxylic acids is 2. The van der Waals surface area contributed by atoms with Crippen LogP contribution in [0.2, 0.25) is 0 Å². The Morgan fingerprint density at radius 2 is 1.03 bits per heavy atom. The van der Waals surface area contributed by atoms with E-state index in [1.807, 2.05) is 12.2 Å². The van der Waals surface area contributed by atoms with Gasteiger partial charge in [-0.05, 0) is 43.9 Å². The lowest BCUT2D eigenvalue weighted by Gasteiger charge is -2.05. The van der Waals surface area contributed by atoms with Gasteiger partial charge < -0.3 is 9.47 Å². The number of carbonyl (C=O) groups is 2. The van der Waals surface area contributed by atoms with E-state index in [1.165, 1.54) is 83.1 Å². The van der Waals surface area contributed by atoms with E-state index in [1.54, 1.807) is 18.2 Å². The average Bonchev–Trinajstić information content (AvgIpc) is 2.86. The van der Waals surface area contributed by atoms with Gasteiger partial charge in [-0.15, -0.1) is 0 Å². The van der Waals surface area contributed by atoms with Crippen LogP contribution in [-0.4, -0.2) is 25.2 Å². The van der Waals surface area contributed by atoms with E-state index in [4.69, 9.17) is 9.47 Å². The van der Waals surface area contributed by atoms with E-state index < -0.39 is 11.9 Å². The molecule has 0 aromatic heterocycles. The van der Waals surface area contributed by atoms with Crippen molar-refractivity contribution in [2.45, 2.75) is 104 Å². The Hall–Kier alpha value is -2.36. The van der Waals surface area contributed by atoms with Gasteiger partial charge in [-0.2, -0.15) is 0 Å². The standard InChI is InChI=1S/C30H46O4/c1-3-5-7-9-11-13-15-17-19-24-33-29(31)27-22-21-23-28(26-27)30(32)34-25-20-18-16-14-12-10-8-6-4-2/h17-23,26H,3-16,24-25H2,1-2H3/b19-17+,20-18+. The van der Waals surface area contributed by atoms with Crippen molar-refractivity contribution in [1.82, 2.24) is 0 Å². The number of esters is 2. The molecule has 4 nitrogen and oxygen atoms in total. The highest BCUT2D eigenvalue weighted by atomic mass is 16.5. The molecule has 0 radical (unpaired) electrons. The summed E-state index contributed by atoms with van der Waals surface area (Å²) in [6.07, 6.45) is 25.2. The normalized spacial score (nSPS) is 11.4. The fourth-order valence-corrected chi connectivity index (χ4v) is 3.64. The van der Waals surface area contributed by atoms with Gasteiger partial charge in [0, 0.05) is 0 Å². The first-order chi connectivity index (χ1) is 16.7. The first-order valence-corrected chi connectivity index (χ1v) is 13.4. The summed E-state index contributed by atoms with van der Waals surface area (Å²) in [6, 6.07) is 6.51. The third kappa shape index (κ3) is 15.5. The number of hydrogen-bond donors (Lipinski definition) is 0.